The minimum atomic E-state index is -3.48. The van der Waals surface area contributed by atoms with Crippen molar-refractivity contribution in [1.82, 2.24) is 0 Å². The van der Waals surface area contributed by atoms with Gasteiger partial charge in [-0.3, -0.25) is 0 Å². The van der Waals surface area contributed by atoms with Crippen LogP contribution in [0, 0.1) is 11.8 Å². The van der Waals surface area contributed by atoms with E-state index < -0.39 is 9.84 Å². The molecule has 0 saturated carbocycles. The number of fused-ring (bicyclic) bond motifs is 3. The number of rotatable bonds is 8. The average Bonchev–Trinajstić information content (AvgIpc) is 2.81. The van der Waals surface area contributed by atoms with Crippen molar-refractivity contribution in [3.05, 3.63) is 36.4 Å². The van der Waals surface area contributed by atoms with Crippen molar-refractivity contribution in [2.45, 2.75) is 50.3 Å². The van der Waals surface area contributed by atoms with E-state index in [2.05, 4.69) is 27.7 Å². The normalized spacial score (nSPS) is 14.3. The zero-order valence-electron chi connectivity index (χ0n) is 16.5. The molecule has 0 fully saturated rings. The highest BCUT2D eigenvalue weighted by Gasteiger charge is 2.33. The molecule has 0 unspecified atom stereocenters. The standard InChI is InChI=1S/C22H28O4S/c1-15(2)9-11-25-17-5-7-21-19(13-17)20-14-18(26-12-10-16(3)4)6-8-22(20)27(21,23)24/h5-8,13-16H,9-12H2,1-4H3. The van der Waals surface area contributed by atoms with Crippen molar-refractivity contribution in [2.24, 2.45) is 11.8 Å². The minimum Gasteiger partial charge on any atom is -0.494 e. The molecule has 0 spiro atoms. The van der Waals surface area contributed by atoms with Gasteiger partial charge in [0.1, 0.15) is 11.5 Å². The third-order valence-electron chi connectivity index (χ3n) is 4.70. The predicted molar refractivity (Wildman–Crippen MR) is 107 cm³/mol. The van der Waals surface area contributed by atoms with Gasteiger partial charge in [-0.25, -0.2) is 8.42 Å². The molecule has 2 aromatic rings. The van der Waals surface area contributed by atoms with E-state index >= 15 is 0 Å². The lowest BCUT2D eigenvalue weighted by atomic mass is 10.1. The van der Waals surface area contributed by atoms with Gasteiger partial charge in [0.2, 0.25) is 9.84 Å². The fourth-order valence-electron chi connectivity index (χ4n) is 3.03. The number of hydrogen-bond acceptors (Lipinski definition) is 4. The fraction of sp³-hybridized carbons (Fsp3) is 0.455. The van der Waals surface area contributed by atoms with Crippen LogP contribution in [-0.2, 0) is 9.84 Å². The van der Waals surface area contributed by atoms with E-state index in [9.17, 15) is 8.42 Å². The maximum absolute atomic E-state index is 12.8. The van der Waals surface area contributed by atoms with Crippen LogP contribution in [0.2, 0.25) is 0 Å². The molecule has 1 heterocycles. The van der Waals surface area contributed by atoms with E-state index in [0.717, 1.165) is 12.8 Å². The van der Waals surface area contributed by atoms with E-state index in [0.29, 0.717) is 57.5 Å². The first-order valence-corrected chi connectivity index (χ1v) is 11.1. The lowest BCUT2D eigenvalue weighted by Crippen LogP contribution is -2.02. The Kier molecular flexibility index (Phi) is 5.80. The molecule has 27 heavy (non-hydrogen) atoms. The monoisotopic (exact) mass is 388 g/mol. The number of hydrogen-bond donors (Lipinski definition) is 0. The second-order valence-electron chi connectivity index (χ2n) is 7.88. The van der Waals surface area contributed by atoms with Crippen LogP contribution in [-0.4, -0.2) is 21.6 Å². The van der Waals surface area contributed by atoms with E-state index in [1.165, 1.54) is 0 Å². The van der Waals surface area contributed by atoms with Crippen LogP contribution in [0.25, 0.3) is 11.1 Å². The Morgan fingerprint density at radius 2 is 1.15 bits per heavy atom. The summed E-state index contributed by atoms with van der Waals surface area (Å²) < 4.78 is 37.3. The van der Waals surface area contributed by atoms with E-state index in [1.54, 1.807) is 24.3 Å². The number of sulfone groups is 1. The summed E-state index contributed by atoms with van der Waals surface area (Å²) in [5.41, 5.74) is 1.39. The molecular weight excluding hydrogens is 360 g/mol. The molecule has 0 aromatic heterocycles. The van der Waals surface area contributed by atoms with Gasteiger partial charge < -0.3 is 9.47 Å². The Balaban J connectivity index is 1.89. The molecule has 4 nitrogen and oxygen atoms in total. The smallest absolute Gasteiger partial charge is 0.207 e. The van der Waals surface area contributed by atoms with Crippen LogP contribution in [0.4, 0.5) is 0 Å². The molecule has 1 aliphatic heterocycles. The van der Waals surface area contributed by atoms with Crippen LogP contribution >= 0.6 is 0 Å². The summed E-state index contributed by atoms with van der Waals surface area (Å²) >= 11 is 0. The molecule has 0 radical (unpaired) electrons. The fourth-order valence-corrected chi connectivity index (χ4v) is 4.68. The summed E-state index contributed by atoms with van der Waals surface area (Å²) in [7, 11) is -3.48. The summed E-state index contributed by atoms with van der Waals surface area (Å²) in [6.45, 7) is 9.83. The van der Waals surface area contributed by atoms with Crippen molar-refractivity contribution < 1.29 is 17.9 Å². The van der Waals surface area contributed by atoms with E-state index in [4.69, 9.17) is 9.47 Å². The first-order valence-electron chi connectivity index (χ1n) is 9.58. The summed E-state index contributed by atoms with van der Waals surface area (Å²) in [4.78, 5) is 0.682. The molecule has 2 aromatic carbocycles. The Morgan fingerprint density at radius 3 is 1.52 bits per heavy atom. The Labute approximate surface area is 162 Å². The van der Waals surface area contributed by atoms with E-state index in [1.807, 2.05) is 12.1 Å². The first kappa shape index (κ1) is 19.7. The van der Waals surface area contributed by atoms with Gasteiger partial charge >= 0.3 is 0 Å². The quantitative estimate of drug-likeness (QED) is 0.522. The van der Waals surface area contributed by atoms with E-state index in [-0.39, 0.29) is 0 Å². The topological polar surface area (TPSA) is 52.6 Å². The highest BCUT2D eigenvalue weighted by Crippen LogP contribution is 2.45. The molecule has 0 bridgehead atoms. The molecule has 0 N–H and O–H groups in total. The third-order valence-corrected chi connectivity index (χ3v) is 6.57. The second kappa shape index (κ2) is 7.93. The largest absolute Gasteiger partial charge is 0.494 e. The SMILES string of the molecule is CC(C)CCOc1ccc2c(c1)-c1cc(OCCC(C)C)ccc1S2(=O)=O. The van der Waals surface area contributed by atoms with Crippen LogP contribution in [0.5, 0.6) is 11.5 Å². The Hall–Kier alpha value is -2.01. The van der Waals surface area contributed by atoms with Crippen LogP contribution < -0.4 is 9.47 Å². The minimum absolute atomic E-state index is 0.341. The van der Waals surface area contributed by atoms with Gasteiger partial charge in [-0.2, -0.15) is 0 Å². The maximum Gasteiger partial charge on any atom is 0.207 e. The van der Waals surface area contributed by atoms with Crippen LogP contribution in [0.3, 0.4) is 0 Å². The summed E-state index contributed by atoms with van der Waals surface area (Å²) in [5, 5.41) is 0. The van der Waals surface area contributed by atoms with Gasteiger partial charge in [-0.05, 0) is 61.1 Å². The maximum atomic E-state index is 12.8. The van der Waals surface area contributed by atoms with Crippen molar-refractivity contribution in [2.75, 3.05) is 13.2 Å². The Morgan fingerprint density at radius 1 is 0.741 bits per heavy atom. The van der Waals surface area contributed by atoms with Gasteiger partial charge in [0, 0.05) is 11.1 Å². The summed E-state index contributed by atoms with van der Waals surface area (Å²) in [6.07, 6.45) is 1.92. The van der Waals surface area contributed by atoms with Gasteiger partial charge in [0.25, 0.3) is 0 Å². The van der Waals surface area contributed by atoms with Crippen molar-refractivity contribution >= 4 is 9.84 Å². The predicted octanol–water partition coefficient (Wildman–Crippen LogP) is 5.35. The van der Waals surface area contributed by atoms with Crippen molar-refractivity contribution in [1.29, 1.82) is 0 Å². The zero-order chi connectivity index (χ0) is 19.6. The summed E-state index contributed by atoms with van der Waals surface area (Å²) in [5.74, 6) is 2.52. The highest BCUT2D eigenvalue weighted by atomic mass is 32.2. The van der Waals surface area contributed by atoms with Crippen molar-refractivity contribution in [3.8, 4) is 22.6 Å². The molecule has 3 rings (SSSR count). The molecule has 0 atom stereocenters. The number of benzene rings is 2. The molecule has 0 saturated heterocycles. The summed E-state index contributed by atoms with van der Waals surface area (Å²) in [6, 6.07) is 10.4. The lowest BCUT2D eigenvalue weighted by Gasteiger charge is -2.10. The van der Waals surface area contributed by atoms with Crippen LogP contribution in [0.1, 0.15) is 40.5 Å². The van der Waals surface area contributed by atoms with Crippen LogP contribution in [0.15, 0.2) is 46.2 Å². The number of ether oxygens (including phenoxy) is 2. The molecule has 5 heteroatoms. The van der Waals surface area contributed by atoms with Gasteiger partial charge in [0.15, 0.2) is 0 Å². The lowest BCUT2D eigenvalue weighted by molar-refractivity contribution is 0.289. The molecule has 0 aliphatic carbocycles. The molecule has 146 valence electrons. The molecule has 1 aliphatic rings. The van der Waals surface area contributed by atoms with Gasteiger partial charge in [-0.15, -0.1) is 0 Å². The van der Waals surface area contributed by atoms with Gasteiger partial charge in [0.05, 0.1) is 23.0 Å². The highest BCUT2D eigenvalue weighted by molar-refractivity contribution is 7.92. The second-order valence-corrected chi connectivity index (χ2v) is 9.77. The molecular formula is C22H28O4S. The van der Waals surface area contributed by atoms with Gasteiger partial charge in [-0.1, -0.05) is 27.7 Å². The Bertz CT molecular complexity index is 844. The average molecular weight is 389 g/mol. The first-order chi connectivity index (χ1) is 12.8. The zero-order valence-corrected chi connectivity index (χ0v) is 17.3. The third kappa shape index (κ3) is 4.29. The van der Waals surface area contributed by atoms with Crippen molar-refractivity contribution in [3.63, 3.8) is 0 Å². The molecule has 0 amide bonds.